The predicted octanol–water partition coefficient (Wildman–Crippen LogP) is 0.434. The molecule has 0 saturated carbocycles. The Morgan fingerprint density at radius 2 is 2.20 bits per heavy atom. The van der Waals surface area contributed by atoms with Gasteiger partial charge in [0.05, 0.1) is 5.51 Å². The van der Waals surface area contributed by atoms with Crippen LogP contribution in [0.25, 0.3) is 0 Å². The summed E-state index contributed by atoms with van der Waals surface area (Å²) in [6.07, 6.45) is 0. The summed E-state index contributed by atoms with van der Waals surface area (Å²) in [5.74, 6) is 1.42. The second-order valence-corrected chi connectivity index (χ2v) is 4.98. The Balaban J connectivity index is 1.72. The van der Waals surface area contributed by atoms with Gasteiger partial charge in [0.25, 0.3) is 5.91 Å². The third kappa shape index (κ3) is 1.55. The van der Waals surface area contributed by atoms with E-state index in [2.05, 4.69) is 10.3 Å². The zero-order valence-electron chi connectivity index (χ0n) is 8.35. The van der Waals surface area contributed by atoms with Gasteiger partial charge in [0.2, 0.25) is 0 Å². The maximum atomic E-state index is 12.0. The van der Waals surface area contributed by atoms with Crippen molar-refractivity contribution in [2.24, 2.45) is 11.8 Å². The summed E-state index contributed by atoms with van der Waals surface area (Å²) in [5.41, 5.74) is 2.32. The standard InChI is InChI=1S/C10H13N3OS/c14-10(9-5-15-6-12-9)13-3-7-1-11-2-8(7)4-13/h5-8,11H,1-4H2. The number of carbonyl (C=O) groups is 1. The molecule has 2 aliphatic heterocycles. The fourth-order valence-corrected chi connectivity index (χ4v) is 3.03. The fraction of sp³-hybridized carbons (Fsp3) is 0.600. The molecule has 0 aliphatic carbocycles. The molecule has 2 unspecified atom stereocenters. The molecule has 2 aliphatic rings. The van der Waals surface area contributed by atoms with Crippen LogP contribution in [0.1, 0.15) is 10.5 Å². The minimum atomic E-state index is 0.102. The highest BCUT2D eigenvalue weighted by molar-refractivity contribution is 7.07. The molecule has 0 bridgehead atoms. The van der Waals surface area contributed by atoms with Crippen molar-refractivity contribution in [3.63, 3.8) is 0 Å². The zero-order chi connectivity index (χ0) is 10.3. The van der Waals surface area contributed by atoms with E-state index in [4.69, 9.17) is 0 Å². The number of nitrogens with zero attached hydrogens (tertiary/aromatic N) is 2. The van der Waals surface area contributed by atoms with Crippen molar-refractivity contribution in [1.29, 1.82) is 0 Å². The quantitative estimate of drug-likeness (QED) is 0.751. The number of nitrogens with one attached hydrogen (secondary N) is 1. The molecule has 0 aromatic carbocycles. The van der Waals surface area contributed by atoms with E-state index < -0.39 is 0 Å². The third-order valence-corrected chi connectivity index (χ3v) is 3.91. The lowest BCUT2D eigenvalue weighted by Crippen LogP contribution is -2.32. The van der Waals surface area contributed by atoms with Crippen molar-refractivity contribution < 1.29 is 4.79 Å². The van der Waals surface area contributed by atoms with Crippen LogP contribution in [0.15, 0.2) is 10.9 Å². The normalized spacial score (nSPS) is 29.5. The van der Waals surface area contributed by atoms with E-state index in [1.807, 2.05) is 10.3 Å². The number of rotatable bonds is 1. The van der Waals surface area contributed by atoms with E-state index in [9.17, 15) is 4.79 Å². The lowest BCUT2D eigenvalue weighted by Gasteiger charge is -2.15. The third-order valence-electron chi connectivity index (χ3n) is 3.33. The number of hydrogen-bond acceptors (Lipinski definition) is 4. The van der Waals surface area contributed by atoms with Gasteiger partial charge in [-0.05, 0) is 11.8 Å². The van der Waals surface area contributed by atoms with Gasteiger partial charge in [-0.3, -0.25) is 4.79 Å². The minimum absolute atomic E-state index is 0.102. The fourth-order valence-electron chi connectivity index (χ4n) is 2.50. The minimum Gasteiger partial charge on any atom is -0.337 e. The van der Waals surface area contributed by atoms with Gasteiger partial charge in [0.1, 0.15) is 5.69 Å². The average molecular weight is 223 g/mol. The monoisotopic (exact) mass is 223 g/mol. The summed E-state index contributed by atoms with van der Waals surface area (Å²) >= 11 is 1.48. The summed E-state index contributed by atoms with van der Waals surface area (Å²) in [6.45, 7) is 3.92. The molecule has 4 nitrogen and oxygen atoms in total. The molecule has 1 N–H and O–H groups in total. The van der Waals surface area contributed by atoms with Crippen molar-refractivity contribution in [2.45, 2.75) is 0 Å². The van der Waals surface area contributed by atoms with Gasteiger partial charge < -0.3 is 10.2 Å². The molecular formula is C10H13N3OS. The smallest absolute Gasteiger partial charge is 0.273 e. The maximum Gasteiger partial charge on any atom is 0.273 e. The number of fused-ring (bicyclic) bond motifs is 1. The Morgan fingerprint density at radius 3 is 2.80 bits per heavy atom. The molecule has 80 valence electrons. The molecule has 2 fully saturated rings. The molecule has 3 heterocycles. The molecule has 0 spiro atoms. The molecule has 1 aromatic heterocycles. The summed E-state index contributed by atoms with van der Waals surface area (Å²) in [6, 6.07) is 0. The van der Waals surface area contributed by atoms with Crippen LogP contribution >= 0.6 is 11.3 Å². The first kappa shape index (κ1) is 9.30. The Labute approximate surface area is 92.3 Å². The number of likely N-dealkylation sites (tertiary alicyclic amines) is 1. The topological polar surface area (TPSA) is 45.2 Å². The maximum absolute atomic E-state index is 12.0. The summed E-state index contributed by atoms with van der Waals surface area (Å²) in [5, 5.41) is 5.20. The summed E-state index contributed by atoms with van der Waals surface area (Å²) in [4.78, 5) is 18.0. The van der Waals surface area contributed by atoms with E-state index in [0.717, 1.165) is 26.2 Å². The highest BCUT2D eigenvalue weighted by Gasteiger charge is 2.38. The molecular weight excluding hydrogens is 210 g/mol. The van der Waals surface area contributed by atoms with Crippen LogP contribution in [0, 0.1) is 11.8 Å². The SMILES string of the molecule is O=C(c1cscn1)N1CC2CNCC2C1. The first-order chi connectivity index (χ1) is 7.34. The molecule has 2 atom stereocenters. The first-order valence-electron chi connectivity index (χ1n) is 5.23. The van der Waals surface area contributed by atoms with Crippen LogP contribution in [0.3, 0.4) is 0 Å². The van der Waals surface area contributed by atoms with Crippen LogP contribution in [0.5, 0.6) is 0 Å². The Morgan fingerprint density at radius 1 is 1.47 bits per heavy atom. The second kappa shape index (κ2) is 3.57. The van der Waals surface area contributed by atoms with Gasteiger partial charge in [-0.2, -0.15) is 0 Å². The van der Waals surface area contributed by atoms with E-state index >= 15 is 0 Å². The first-order valence-corrected chi connectivity index (χ1v) is 6.17. The number of hydrogen-bond donors (Lipinski definition) is 1. The number of thiazole rings is 1. The van der Waals surface area contributed by atoms with Crippen LogP contribution in [-0.4, -0.2) is 42.0 Å². The molecule has 3 rings (SSSR count). The highest BCUT2D eigenvalue weighted by Crippen LogP contribution is 2.27. The second-order valence-electron chi connectivity index (χ2n) is 4.26. The van der Waals surface area contributed by atoms with Crippen LogP contribution in [0.4, 0.5) is 0 Å². The van der Waals surface area contributed by atoms with E-state index in [1.54, 1.807) is 5.51 Å². The van der Waals surface area contributed by atoms with Gasteiger partial charge in [0, 0.05) is 31.6 Å². The number of carbonyl (C=O) groups excluding carboxylic acids is 1. The van der Waals surface area contributed by atoms with E-state index in [-0.39, 0.29) is 5.91 Å². The van der Waals surface area contributed by atoms with Gasteiger partial charge in [-0.25, -0.2) is 4.98 Å². The van der Waals surface area contributed by atoms with E-state index in [1.165, 1.54) is 11.3 Å². The van der Waals surface area contributed by atoms with Crippen LogP contribution in [0.2, 0.25) is 0 Å². The van der Waals surface area contributed by atoms with Crippen LogP contribution in [-0.2, 0) is 0 Å². The number of aromatic nitrogens is 1. The molecule has 15 heavy (non-hydrogen) atoms. The van der Waals surface area contributed by atoms with Gasteiger partial charge in [-0.1, -0.05) is 0 Å². The van der Waals surface area contributed by atoms with Gasteiger partial charge in [-0.15, -0.1) is 11.3 Å². The van der Waals surface area contributed by atoms with Gasteiger partial charge in [0.15, 0.2) is 0 Å². The van der Waals surface area contributed by atoms with E-state index in [0.29, 0.717) is 17.5 Å². The molecule has 2 saturated heterocycles. The zero-order valence-corrected chi connectivity index (χ0v) is 9.17. The van der Waals surface area contributed by atoms with Crippen molar-refractivity contribution in [3.05, 3.63) is 16.6 Å². The molecule has 5 heteroatoms. The lowest BCUT2D eigenvalue weighted by atomic mass is 10.0. The summed E-state index contributed by atoms with van der Waals surface area (Å²) in [7, 11) is 0. The Bertz CT molecular complexity index is 353. The number of amides is 1. The average Bonchev–Trinajstić information content (AvgIpc) is 2.92. The molecule has 0 radical (unpaired) electrons. The van der Waals surface area contributed by atoms with Crippen molar-refractivity contribution in [3.8, 4) is 0 Å². The predicted molar refractivity (Wildman–Crippen MR) is 57.9 cm³/mol. The van der Waals surface area contributed by atoms with Gasteiger partial charge >= 0.3 is 0 Å². The van der Waals surface area contributed by atoms with Crippen molar-refractivity contribution in [2.75, 3.05) is 26.2 Å². The lowest BCUT2D eigenvalue weighted by molar-refractivity contribution is 0.0776. The van der Waals surface area contributed by atoms with Crippen LogP contribution < -0.4 is 5.32 Å². The highest BCUT2D eigenvalue weighted by atomic mass is 32.1. The van der Waals surface area contributed by atoms with Crippen molar-refractivity contribution in [1.82, 2.24) is 15.2 Å². The Hall–Kier alpha value is -0.940. The molecule has 1 aromatic rings. The largest absolute Gasteiger partial charge is 0.337 e. The van der Waals surface area contributed by atoms with Crippen molar-refractivity contribution >= 4 is 17.2 Å². The molecule has 1 amide bonds. The summed E-state index contributed by atoms with van der Waals surface area (Å²) < 4.78 is 0. The Kier molecular flexibility index (Phi) is 2.21.